The van der Waals surface area contributed by atoms with Crippen molar-refractivity contribution in [3.63, 3.8) is 0 Å². The van der Waals surface area contributed by atoms with Crippen molar-refractivity contribution < 1.29 is 5.11 Å². The van der Waals surface area contributed by atoms with Gasteiger partial charge in [0, 0.05) is 25.0 Å². The lowest BCUT2D eigenvalue weighted by atomic mass is 10.2. The van der Waals surface area contributed by atoms with Gasteiger partial charge in [-0.3, -0.25) is 4.98 Å². The Morgan fingerprint density at radius 3 is 2.94 bits per heavy atom. The highest BCUT2D eigenvalue weighted by atomic mass is 16.3. The highest BCUT2D eigenvalue weighted by Gasteiger charge is 2.10. The van der Waals surface area contributed by atoms with Gasteiger partial charge in [-0.15, -0.1) is 0 Å². The van der Waals surface area contributed by atoms with E-state index in [0.29, 0.717) is 5.65 Å². The zero-order chi connectivity index (χ0) is 11.8. The maximum atomic E-state index is 9.42. The van der Waals surface area contributed by atoms with Gasteiger partial charge in [0.1, 0.15) is 11.6 Å². The minimum atomic E-state index is 0.127. The predicted octanol–water partition coefficient (Wildman–Crippen LogP) is 1.74. The topological polar surface area (TPSA) is 63.8 Å². The lowest BCUT2D eigenvalue weighted by Gasteiger charge is -2.01. The van der Waals surface area contributed by atoms with E-state index in [-0.39, 0.29) is 5.75 Å². The van der Waals surface area contributed by atoms with Gasteiger partial charge < -0.3 is 9.67 Å². The first kappa shape index (κ1) is 9.77. The van der Waals surface area contributed by atoms with E-state index in [1.165, 1.54) is 6.20 Å². The summed E-state index contributed by atoms with van der Waals surface area (Å²) in [7, 11) is 1.91. The number of hydrogen-bond donors (Lipinski definition) is 1. The van der Waals surface area contributed by atoms with Gasteiger partial charge in [-0.1, -0.05) is 0 Å². The summed E-state index contributed by atoms with van der Waals surface area (Å²) in [6, 6.07) is 5.46. The molecule has 1 N–H and O–H groups in total. The summed E-state index contributed by atoms with van der Waals surface area (Å²) >= 11 is 0. The Morgan fingerprint density at radius 2 is 2.18 bits per heavy atom. The van der Waals surface area contributed by atoms with Crippen molar-refractivity contribution in [3.05, 3.63) is 36.8 Å². The lowest BCUT2D eigenvalue weighted by Crippen LogP contribution is -1.92. The van der Waals surface area contributed by atoms with E-state index in [2.05, 4.69) is 15.0 Å². The van der Waals surface area contributed by atoms with E-state index in [1.807, 2.05) is 23.7 Å². The van der Waals surface area contributed by atoms with Crippen molar-refractivity contribution in [1.82, 2.24) is 19.5 Å². The normalized spacial score (nSPS) is 10.9. The average molecular weight is 226 g/mol. The predicted molar refractivity (Wildman–Crippen MR) is 63.4 cm³/mol. The first-order valence-corrected chi connectivity index (χ1v) is 5.17. The number of aryl methyl sites for hydroxylation is 1. The van der Waals surface area contributed by atoms with Gasteiger partial charge in [-0.05, 0) is 18.2 Å². The third-order valence-corrected chi connectivity index (χ3v) is 2.64. The smallest absolute Gasteiger partial charge is 0.178 e. The zero-order valence-electron chi connectivity index (χ0n) is 9.20. The summed E-state index contributed by atoms with van der Waals surface area (Å²) in [4.78, 5) is 12.6. The molecule has 0 aromatic carbocycles. The second-order valence-electron chi connectivity index (χ2n) is 3.77. The van der Waals surface area contributed by atoms with Crippen molar-refractivity contribution in [1.29, 1.82) is 0 Å². The van der Waals surface area contributed by atoms with E-state index in [4.69, 9.17) is 0 Å². The maximum Gasteiger partial charge on any atom is 0.178 e. The van der Waals surface area contributed by atoms with Crippen LogP contribution in [0.5, 0.6) is 5.75 Å². The quantitative estimate of drug-likeness (QED) is 0.686. The van der Waals surface area contributed by atoms with Gasteiger partial charge in [-0.2, -0.15) is 0 Å². The number of rotatable bonds is 1. The Kier molecular flexibility index (Phi) is 2.04. The number of aromatic hydroxyl groups is 1. The summed E-state index contributed by atoms with van der Waals surface area (Å²) in [5.74, 6) is 0.865. The van der Waals surface area contributed by atoms with E-state index in [9.17, 15) is 5.11 Å². The van der Waals surface area contributed by atoms with Crippen LogP contribution in [0.2, 0.25) is 0 Å². The molecule has 84 valence electrons. The monoisotopic (exact) mass is 226 g/mol. The molecule has 3 heterocycles. The van der Waals surface area contributed by atoms with Crippen LogP contribution in [0.15, 0.2) is 36.8 Å². The van der Waals surface area contributed by atoms with Crippen molar-refractivity contribution in [2.75, 3.05) is 0 Å². The molecule has 0 aliphatic rings. The van der Waals surface area contributed by atoms with Crippen LogP contribution in [-0.2, 0) is 7.05 Å². The molecule has 0 saturated heterocycles. The van der Waals surface area contributed by atoms with E-state index in [1.54, 1.807) is 18.5 Å². The van der Waals surface area contributed by atoms with Crippen LogP contribution < -0.4 is 0 Å². The summed E-state index contributed by atoms with van der Waals surface area (Å²) in [5.41, 5.74) is 2.41. The Balaban J connectivity index is 2.27. The highest BCUT2D eigenvalue weighted by molar-refractivity contribution is 5.76. The zero-order valence-corrected chi connectivity index (χ0v) is 9.20. The molecule has 0 bridgehead atoms. The van der Waals surface area contributed by atoms with Gasteiger partial charge in [0.2, 0.25) is 0 Å². The summed E-state index contributed by atoms with van der Waals surface area (Å²) < 4.78 is 1.93. The van der Waals surface area contributed by atoms with Gasteiger partial charge in [-0.25, -0.2) is 9.97 Å². The van der Waals surface area contributed by atoms with Gasteiger partial charge in [0.05, 0.1) is 11.7 Å². The number of aromatic nitrogens is 4. The molecule has 0 amide bonds. The van der Waals surface area contributed by atoms with Crippen molar-refractivity contribution in [2.24, 2.45) is 7.05 Å². The second kappa shape index (κ2) is 3.55. The first-order chi connectivity index (χ1) is 8.25. The van der Waals surface area contributed by atoms with Crippen molar-refractivity contribution >= 4 is 11.2 Å². The van der Waals surface area contributed by atoms with Gasteiger partial charge >= 0.3 is 0 Å². The Labute approximate surface area is 97.4 Å². The van der Waals surface area contributed by atoms with Crippen molar-refractivity contribution in [2.45, 2.75) is 0 Å². The van der Waals surface area contributed by atoms with Crippen LogP contribution in [0.25, 0.3) is 22.6 Å². The molecular formula is C12H10N4O. The largest absolute Gasteiger partial charge is 0.506 e. The highest BCUT2D eigenvalue weighted by Crippen LogP contribution is 2.23. The fraction of sp³-hybridized carbons (Fsp3) is 0.0833. The molecule has 3 aromatic rings. The summed E-state index contributed by atoms with van der Waals surface area (Å²) in [6.07, 6.45) is 4.77. The fourth-order valence-electron chi connectivity index (χ4n) is 1.83. The van der Waals surface area contributed by atoms with E-state index >= 15 is 0 Å². The number of nitrogens with zero attached hydrogens (tertiary/aromatic N) is 4. The number of pyridine rings is 2. The molecule has 0 spiro atoms. The summed E-state index contributed by atoms with van der Waals surface area (Å²) in [6.45, 7) is 0. The van der Waals surface area contributed by atoms with Gasteiger partial charge in [0.25, 0.3) is 0 Å². The van der Waals surface area contributed by atoms with E-state index in [0.717, 1.165) is 16.9 Å². The number of hydrogen-bond acceptors (Lipinski definition) is 4. The molecule has 0 aliphatic heterocycles. The van der Waals surface area contributed by atoms with Crippen LogP contribution in [0.1, 0.15) is 0 Å². The standard InChI is InChI=1S/C12H10N4O/c1-16-10-3-2-4-14-11(10)15-12(16)8-5-9(17)7-13-6-8/h2-7,17H,1H3. The van der Waals surface area contributed by atoms with Gasteiger partial charge in [0.15, 0.2) is 5.65 Å². The van der Waals surface area contributed by atoms with Crippen LogP contribution in [0.4, 0.5) is 0 Å². The number of fused-ring (bicyclic) bond motifs is 1. The molecule has 0 aliphatic carbocycles. The minimum absolute atomic E-state index is 0.127. The average Bonchev–Trinajstić information content (AvgIpc) is 2.68. The molecule has 0 saturated carbocycles. The second-order valence-corrected chi connectivity index (χ2v) is 3.77. The Morgan fingerprint density at radius 1 is 1.29 bits per heavy atom. The lowest BCUT2D eigenvalue weighted by molar-refractivity contribution is 0.473. The molecule has 0 radical (unpaired) electrons. The van der Waals surface area contributed by atoms with Crippen LogP contribution >= 0.6 is 0 Å². The van der Waals surface area contributed by atoms with Crippen LogP contribution in [0.3, 0.4) is 0 Å². The first-order valence-electron chi connectivity index (χ1n) is 5.17. The van der Waals surface area contributed by atoms with Crippen LogP contribution in [0, 0.1) is 0 Å². The Hall–Kier alpha value is -2.43. The molecule has 5 nitrogen and oxygen atoms in total. The molecule has 0 fully saturated rings. The molecule has 5 heteroatoms. The van der Waals surface area contributed by atoms with Crippen molar-refractivity contribution in [3.8, 4) is 17.1 Å². The third kappa shape index (κ3) is 1.52. The SMILES string of the molecule is Cn1c(-c2cncc(O)c2)nc2ncccc21. The van der Waals surface area contributed by atoms with Crippen LogP contribution in [-0.4, -0.2) is 24.6 Å². The molecular weight excluding hydrogens is 216 g/mol. The summed E-state index contributed by atoms with van der Waals surface area (Å²) in [5, 5.41) is 9.42. The molecule has 17 heavy (non-hydrogen) atoms. The number of imidazole rings is 1. The molecule has 0 unspecified atom stereocenters. The van der Waals surface area contributed by atoms with E-state index < -0.39 is 0 Å². The third-order valence-electron chi connectivity index (χ3n) is 2.64. The molecule has 0 atom stereocenters. The minimum Gasteiger partial charge on any atom is -0.506 e. The molecule has 3 rings (SSSR count). The molecule has 3 aromatic heterocycles. The fourth-order valence-corrected chi connectivity index (χ4v) is 1.83. The Bertz CT molecular complexity index is 690. The maximum absolute atomic E-state index is 9.42.